The Labute approximate surface area is 207 Å². The molecule has 1 aliphatic heterocycles. The highest BCUT2D eigenvalue weighted by Crippen LogP contribution is 2.25. The molecule has 0 unspecified atom stereocenters. The number of hydrogen-bond acceptors (Lipinski definition) is 4. The second-order valence-corrected chi connectivity index (χ2v) is 8.80. The first-order valence-corrected chi connectivity index (χ1v) is 11.4. The van der Waals surface area contributed by atoms with Crippen LogP contribution in [0.4, 0.5) is 5.69 Å². The number of nitrogens with zero attached hydrogens (tertiary/aromatic N) is 3. The molecule has 3 aromatic rings. The van der Waals surface area contributed by atoms with E-state index in [-0.39, 0.29) is 17.7 Å². The topological polar surface area (TPSA) is 82.6 Å². The zero-order valence-corrected chi connectivity index (χ0v) is 19.9. The Morgan fingerprint density at radius 3 is 2.03 bits per heavy atom. The highest BCUT2D eigenvalue weighted by Gasteiger charge is 2.27. The number of hydrogen-bond donors (Lipinski definition) is 1. The highest BCUT2D eigenvalue weighted by atomic mass is 35.5. The number of anilines is 1. The van der Waals surface area contributed by atoms with E-state index in [2.05, 4.69) is 10.3 Å². The molecule has 1 saturated heterocycles. The van der Waals surface area contributed by atoms with Crippen LogP contribution in [0, 0.1) is 6.92 Å². The predicted molar refractivity (Wildman–Crippen MR) is 132 cm³/mol. The molecule has 0 aliphatic carbocycles. The average molecular weight is 497 g/mol. The molecule has 2 aromatic carbocycles. The van der Waals surface area contributed by atoms with Crippen LogP contribution in [0.5, 0.6) is 0 Å². The molecule has 1 N–H and O–H groups in total. The summed E-state index contributed by atoms with van der Waals surface area (Å²) >= 11 is 12.1. The summed E-state index contributed by atoms with van der Waals surface area (Å²) in [5.41, 5.74) is 2.52. The lowest BCUT2D eigenvalue weighted by Gasteiger charge is -2.35. The van der Waals surface area contributed by atoms with E-state index in [0.29, 0.717) is 58.6 Å². The van der Waals surface area contributed by atoms with Crippen LogP contribution in [-0.2, 0) is 0 Å². The van der Waals surface area contributed by atoms with Crippen LogP contribution < -0.4 is 5.32 Å². The minimum absolute atomic E-state index is 0.183. The molecule has 1 aliphatic rings. The van der Waals surface area contributed by atoms with Crippen LogP contribution in [0.2, 0.25) is 10.0 Å². The first-order valence-electron chi connectivity index (χ1n) is 10.7. The lowest BCUT2D eigenvalue weighted by atomic mass is 10.1. The molecule has 4 rings (SSSR count). The Kier molecular flexibility index (Phi) is 7.14. The van der Waals surface area contributed by atoms with Crippen LogP contribution in [0.1, 0.15) is 36.6 Å². The Morgan fingerprint density at radius 1 is 0.824 bits per heavy atom. The van der Waals surface area contributed by atoms with Crippen LogP contribution in [0.15, 0.2) is 60.9 Å². The molecule has 0 spiro atoms. The number of carbonyl (C=O) groups excluding carboxylic acids is 3. The van der Waals surface area contributed by atoms with Crippen molar-refractivity contribution in [3.8, 4) is 0 Å². The molecule has 174 valence electrons. The fourth-order valence-electron chi connectivity index (χ4n) is 3.84. The summed E-state index contributed by atoms with van der Waals surface area (Å²) in [7, 11) is 0. The molecular weight excluding hydrogens is 475 g/mol. The van der Waals surface area contributed by atoms with Gasteiger partial charge in [-0.1, -0.05) is 35.3 Å². The minimum Gasteiger partial charge on any atom is -0.335 e. The number of aryl methyl sites for hydroxylation is 1. The Morgan fingerprint density at radius 2 is 1.41 bits per heavy atom. The van der Waals surface area contributed by atoms with Gasteiger partial charge in [-0.2, -0.15) is 0 Å². The van der Waals surface area contributed by atoms with E-state index < -0.39 is 0 Å². The standard InChI is InChI=1S/C25H22Cl2N4O3/c1-16-3-2-4-21(22(16)29-23(32)17-5-7-28-8-6-17)25(34)31-11-9-30(10-12-31)24(33)18-13-19(26)15-20(27)14-18/h2-8,13-15H,9-12H2,1H3,(H,29,32). The maximum absolute atomic E-state index is 13.4. The number of rotatable bonds is 4. The highest BCUT2D eigenvalue weighted by molar-refractivity contribution is 6.35. The molecule has 1 aromatic heterocycles. The van der Waals surface area contributed by atoms with Crippen molar-refractivity contribution in [1.82, 2.24) is 14.8 Å². The van der Waals surface area contributed by atoms with Gasteiger partial charge in [0.25, 0.3) is 17.7 Å². The molecule has 0 saturated carbocycles. The number of amides is 3. The maximum Gasteiger partial charge on any atom is 0.256 e. The number of piperazine rings is 1. The summed E-state index contributed by atoms with van der Waals surface area (Å²) in [5.74, 6) is -0.703. The molecule has 2 heterocycles. The third kappa shape index (κ3) is 5.21. The van der Waals surface area contributed by atoms with E-state index in [4.69, 9.17) is 23.2 Å². The molecular formula is C25H22Cl2N4O3. The Hall–Kier alpha value is -3.42. The summed E-state index contributed by atoms with van der Waals surface area (Å²) < 4.78 is 0. The predicted octanol–water partition coefficient (Wildman–Crippen LogP) is 4.55. The lowest BCUT2D eigenvalue weighted by molar-refractivity contribution is 0.0536. The van der Waals surface area contributed by atoms with Gasteiger partial charge in [0, 0.05) is 59.7 Å². The fraction of sp³-hybridized carbons (Fsp3) is 0.200. The van der Waals surface area contributed by atoms with Gasteiger partial charge in [-0.3, -0.25) is 19.4 Å². The van der Waals surface area contributed by atoms with Crippen molar-refractivity contribution in [1.29, 1.82) is 0 Å². The quantitative estimate of drug-likeness (QED) is 0.574. The fourth-order valence-corrected chi connectivity index (χ4v) is 4.37. The normalized spacial score (nSPS) is 13.5. The van der Waals surface area contributed by atoms with Crippen LogP contribution >= 0.6 is 23.2 Å². The van der Waals surface area contributed by atoms with Crippen molar-refractivity contribution >= 4 is 46.6 Å². The van der Waals surface area contributed by atoms with Crippen LogP contribution in [0.25, 0.3) is 0 Å². The van der Waals surface area contributed by atoms with Gasteiger partial charge in [-0.25, -0.2) is 0 Å². The largest absolute Gasteiger partial charge is 0.335 e. The number of para-hydroxylation sites is 1. The van der Waals surface area contributed by atoms with Gasteiger partial charge in [0.05, 0.1) is 11.3 Å². The lowest BCUT2D eigenvalue weighted by Crippen LogP contribution is -2.50. The first kappa shape index (κ1) is 23.7. The van der Waals surface area contributed by atoms with Gasteiger partial charge >= 0.3 is 0 Å². The summed E-state index contributed by atoms with van der Waals surface area (Å²) in [6.45, 7) is 3.32. The van der Waals surface area contributed by atoms with Gasteiger partial charge in [0.15, 0.2) is 0 Å². The molecule has 3 amide bonds. The van der Waals surface area contributed by atoms with E-state index in [0.717, 1.165) is 5.56 Å². The van der Waals surface area contributed by atoms with Crippen LogP contribution in [0.3, 0.4) is 0 Å². The van der Waals surface area contributed by atoms with E-state index in [1.165, 1.54) is 12.4 Å². The van der Waals surface area contributed by atoms with Gasteiger partial charge in [0.1, 0.15) is 0 Å². The number of halogens is 2. The zero-order valence-electron chi connectivity index (χ0n) is 18.4. The Bertz CT molecular complexity index is 1220. The third-order valence-electron chi connectivity index (χ3n) is 5.65. The number of nitrogens with one attached hydrogen (secondary N) is 1. The van der Waals surface area contributed by atoms with Crippen molar-refractivity contribution in [2.75, 3.05) is 31.5 Å². The summed E-state index contributed by atoms with van der Waals surface area (Å²) in [6.07, 6.45) is 3.08. The molecule has 1 fully saturated rings. The molecule has 34 heavy (non-hydrogen) atoms. The molecule has 9 heteroatoms. The smallest absolute Gasteiger partial charge is 0.256 e. The second-order valence-electron chi connectivity index (χ2n) is 7.93. The van der Waals surface area contributed by atoms with Crippen molar-refractivity contribution in [2.24, 2.45) is 0 Å². The second kappa shape index (κ2) is 10.2. The summed E-state index contributed by atoms with van der Waals surface area (Å²) in [6, 6.07) is 13.3. The summed E-state index contributed by atoms with van der Waals surface area (Å²) in [4.78, 5) is 46.2. The van der Waals surface area contributed by atoms with E-state index in [1.807, 2.05) is 13.0 Å². The number of carbonyl (C=O) groups is 3. The van der Waals surface area contributed by atoms with Crippen molar-refractivity contribution in [3.63, 3.8) is 0 Å². The minimum atomic E-state index is -0.318. The van der Waals surface area contributed by atoms with E-state index in [9.17, 15) is 14.4 Å². The molecule has 7 nitrogen and oxygen atoms in total. The summed E-state index contributed by atoms with van der Waals surface area (Å²) in [5, 5.41) is 3.66. The monoisotopic (exact) mass is 496 g/mol. The third-order valence-corrected chi connectivity index (χ3v) is 6.08. The molecule has 0 radical (unpaired) electrons. The molecule has 0 atom stereocenters. The Balaban J connectivity index is 1.47. The van der Waals surface area contributed by atoms with Gasteiger partial charge in [-0.05, 0) is 48.9 Å². The van der Waals surface area contributed by atoms with Crippen molar-refractivity contribution in [2.45, 2.75) is 6.92 Å². The number of pyridine rings is 1. The SMILES string of the molecule is Cc1cccc(C(=O)N2CCN(C(=O)c3cc(Cl)cc(Cl)c3)CC2)c1NC(=O)c1ccncc1. The maximum atomic E-state index is 13.4. The zero-order chi connectivity index (χ0) is 24.2. The average Bonchev–Trinajstić information content (AvgIpc) is 2.84. The molecule has 0 bridgehead atoms. The number of aromatic nitrogens is 1. The van der Waals surface area contributed by atoms with Gasteiger partial charge in [-0.15, -0.1) is 0 Å². The van der Waals surface area contributed by atoms with Crippen molar-refractivity contribution < 1.29 is 14.4 Å². The van der Waals surface area contributed by atoms with Gasteiger partial charge < -0.3 is 15.1 Å². The van der Waals surface area contributed by atoms with Crippen molar-refractivity contribution in [3.05, 3.63) is 93.2 Å². The van der Waals surface area contributed by atoms with E-state index >= 15 is 0 Å². The first-order chi connectivity index (χ1) is 16.3. The number of benzene rings is 2. The van der Waals surface area contributed by atoms with E-state index in [1.54, 1.807) is 52.3 Å². The van der Waals surface area contributed by atoms with Crippen LogP contribution in [-0.4, -0.2) is 58.7 Å². The van der Waals surface area contributed by atoms with Gasteiger partial charge in [0.2, 0.25) is 0 Å².